The second-order valence-corrected chi connectivity index (χ2v) is 9.82. The number of rotatable bonds is 2. The molecule has 34 heavy (non-hydrogen) atoms. The van der Waals surface area contributed by atoms with Crippen LogP contribution in [-0.4, -0.2) is 4.57 Å². The summed E-state index contributed by atoms with van der Waals surface area (Å²) in [6, 6.07) is 41.9. The summed E-state index contributed by atoms with van der Waals surface area (Å²) in [4.78, 5) is 0. The van der Waals surface area contributed by atoms with Gasteiger partial charge >= 0.3 is 0 Å². The van der Waals surface area contributed by atoms with E-state index < -0.39 is 0 Å². The van der Waals surface area contributed by atoms with Crippen molar-refractivity contribution in [3.8, 4) is 28.1 Å². The largest absolute Gasteiger partial charge is 0.309 e. The molecule has 7 rings (SSSR count). The Kier molecular flexibility index (Phi) is 3.96. The monoisotopic (exact) mass is 435 g/mol. The van der Waals surface area contributed by atoms with Crippen LogP contribution in [0.15, 0.2) is 115 Å². The number of nitrogens with zero attached hydrogens (tertiary/aromatic N) is 1. The molecule has 5 aromatic carbocycles. The van der Waals surface area contributed by atoms with Gasteiger partial charge in [-0.15, -0.1) is 0 Å². The topological polar surface area (TPSA) is 4.93 Å². The Morgan fingerprint density at radius 3 is 1.97 bits per heavy atom. The van der Waals surface area contributed by atoms with E-state index in [1.54, 1.807) is 0 Å². The minimum atomic E-state index is -0.0830. The van der Waals surface area contributed by atoms with E-state index in [4.69, 9.17) is 0 Å². The zero-order valence-electron chi connectivity index (χ0n) is 19.4. The smallest absolute Gasteiger partial charge is 0.0585 e. The summed E-state index contributed by atoms with van der Waals surface area (Å²) in [6.45, 7) is 4.78. The van der Waals surface area contributed by atoms with E-state index in [0.717, 1.165) is 0 Å². The lowest BCUT2D eigenvalue weighted by Crippen LogP contribution is -2.15. The van der Waals surface area contributed by atoms with E-state index in [9.17, 15) is 0 Å². The Balaban J connectivity index is 1.53. The molecule has 0 fully saturated rings. The molecule has 0 bridgehead atoms. The molecule has 0 aliphatic heterocycles. The number of hydrogen-bond donors (Lipinski definition) is 0. The number of aromatic nitrogens is 1. The lowest BCUT2D eigenvalue weighted by Gasteiger charge is -2.23. The Labute approximate surface area is 199 Å². The van der Waals surface area contributed by atoms with Gasteiger partial charge in [-0.25, -0.2) is 0 Å². The van der Waals surface area contributed by atoms with Crippen LogP contribution in [0.3, 0.4) is 0 Å². The highest BCUT2D eigenvalue weighted by atomic mass is 15.0. The average Bonchev–Trinajstić information content (AvgIpc) is 3.35. The van der Waals surface area contributed by atoms with Crippen LogP contribution in [0.25, 0.3) is 49.7 Å². The van der Waals surface area contributed by atoms with E-state index in [-0.39, 0.29) is 5.41 Å². The van der Waals surface area contributed by atoms with Crippen molar-refractivity contribution in [3.05, 3.63) is 126 Å². The molecule has 0 radical (unpaired) electrons. The van der Waals surface area contributed by atoms with Crippen molar-refractivity contribution in [2.75, 3.05) is 0 Å². The summed E-state index contributed by atoms with van der Waals surface area (Å²) in [7, 11) is 0. The highest BCUT2D eigenvalue weighted by molar-refractivity contribution is 6.04. The second kappa shape index (κ2) is 6.95. The maximum Gasteiger partial charge on any atom is 0.0585 e. The van der Waals surface area contributed by atoms with E-state index in [1.165, 1.54) is 60.9 Å². The third kappa shape index (κ3) is 2.55. The molecule has 0 unspecified atom stereocenters. The van der Waals surface area contributed by atoms with Crippen LogP contribution in [0.4, 0.5) is 0 Å². The Morgan fingerprint density at radius 2 is 1.18 bits per heavy atom. The fraction of sp³-hybridized carbons (Fsp3) is 0.0909. The van der Waals surface area contributed by atoms with Crippen molar-refractivity contribution in [1.29, 1.82) is 0 Å². The Hall–Kier alpha value is -4.10. The summed E-state index contributed by atoms with van der Waals surface area (Å²) in [5.41, 5.74) is 10.4. The molecule has 1 heteroatoms. The standard InChI is InChI=1S/C33H25N/c1-33(2)30-26-13-7-6-12-24(26)18-21-28(30)32-31(33)27-14-8-9-15-29(27)34(32)25-19-16-23(17-20-25)22-10-4-3-5-11-22/h3-21H,1-2H3. The molecule has 0 spiro atoms. The van der Waals surface area contributed by atoms with Gasteiger partial charge in [0.25, 0.3) is 0 Å². The van der Waals surface area contributed by atoms with Gasteiger partial charge in [-0.3, -0.25) is 0 Å². The summed E-state index contributed by atoms with van der Waals surface area (Å²) in [5, 5.41) is 4.01. The molecule has 1 aliphatic rings. The van der Waals surface area contributed by atoms with Crippen LogP contribution in [0.2, 0.25) is 0 Å². The highest BCUT2D eigenvalue weighted by Gasteiger charge is 2.41. The van der Waals surface area contributed by atoms with Gasteiger partial charge in [0.1, 0.15) is 0 Å². The van der Waals surface area contributed by atoms with Crippen molar-refractivity contribution in [2.24, 2.45) is 0 Å². The van der Waals surface area contributed by atoms with E-state index in [2.05, 4.69) is 134 Å². The first-order chi connectivity index (χ1) is 16.6. The number of benzene rings is 5. The fourth-order valence-corrected chi connectivity index (χ4v) is 6.10. The van der Waals surface area contributed by atoms with Crippen LogP contribution in [-0.2, 0) is 5.41 Å². The molecule has 1 aliphatic carbocycles. The maximum atomic E-state index is 2.47. The van der Waals surface area contributed by atoms with Crippen molar-refractivity contribution < 1.29 is 0 Å². The molecule has 0 N–H and O–H groups in total. The van der Waals surface area contributed by atoms with Gasteiger partial charge in [-0.2, -0.15) is 0 Å². The molecule has 0 saturated carbocycles. The molecule has 0 atom stereocenters. The van der Waals surface area contributed by atoms with Crippen LogP contribution in [0, 0.1) is 0 Å². The van der Waals surface area contributed by atoms with E-state index in [1.807, 2.05) is 0 Å². The average molecular weight is 436 g/mol. The molecule has 162 valence electrons. The van der Waals surface area contributed by atoms with Crippen molar-refractivity contribution in [2.45, 2.75) is 19.3 Å². The Morgan fingerprint density at radius 1 is 0.529 bits per heavy atom. The first-order valence-corrected chi connectivity index (χ1v) is 12.0. The van der Waals surface area contributed by atoms with E-state index >= 15 is 0 Å². The zero-order valence-corrected chi connectivity index (χ0v) is 19.4. The lowest BCUT2D eigenvalue weighted by atomic mass is 9.79. The summed E-state index contributed by atoms with van der Waals surface area (Å²) < 4.78 is 2.47. The quantitative estimate of drug-likeness (QED) is 0.256. The minimum Gasteiger partial charge on any atom is -0.309 e. The van der Waals surface area contributed by atoms with Crippen molar-refractivity contribution in [3.63, 3.8) is 0 Å². The molecule has 1 nitrogen and oxygen atoms in total. The number of fused-ring (bicyclic) bond motifs is 7. The molecule has 1 heterocycles. The summed E-state index contributed by atoms with van der Waals surface area (Å²) in [6.07, 6.45) is 0. The highest BCUT2D eigenvalue weighted by Crippen LogP contribution is 2.55. The minimum absolute atomic E-state index is 0.0830. The first kappa shape index (κ1) is 19.4. The van der Waals surface area contributed by atoms with Crippen LogP contribution in [0.5, 0.6) is 0 Å². The molecular weight excluding hydrogens is 410 g/mol. The van der Waals surface area contributed by atoms with Gasteiger partial charge in [0.05, 0.1) is 11.2 Å². The first-order valence-electron chi connectivity index (χ1n) is 12.0. The summed E-state index contributed by atoms with van der Waals surface area (Å²) >= 11 is 0. The molecular formula is C33H25N. The molecule has 0 saturated heterocycles. The van der Waals surface area contributed by atoms with Gasteiger partial charge in [0, 0.05) is 22.1 Å². The van der Waals surface area contributed by atoms with Crippen molar-refractivity contribution >= 4 is 21.7 Å². The van der Waals surface area contributed by atoms with Crippen LogP contribution in [0.1, 0.15) is 25.0 Å². The SMILES string of the molecule is CC1(C)c2c(ccc3ccccc23)-c2c1c1ccccc1n2-c1ccc(-c2ccccc2)cc1. The van der Waals surface area contributed by atoms with Crippen molar-refractivity contribution in [1.82, 2.24) is 4.57 Å². The van der Waals surface area contributed by atoms with Gasteiger partial charge in [0.15, 0.2) is 0 Å². The summed E-state index contributed by atoms with van der Waals surface area (Å²) in [5.74, 6) is 0. The normalized spacial score (nSPS) is 13.8. The molecule has 0 amide bonds. The zero-order chi connectivity index (χ0) is 22.9. The molecule has 6 aromatic rings. The predicted molar refractivity (Wildman–Crippen MR) is 144 cm³/mol. The lowest BCUT2D eigenvalue weighted by molar-refractivity contribution is 0.672. The van der Waals surface area contributed by atoms with Gasteiger partial charge in [-0.05, 0) is 51.2 Å². The van der Waals surface area contributed by atoms with Gasteiger partial charge < -0.3 is 4.57 Å². The predicted octanol–water partition coefficient (Wildman–Crippen LogP) is 8.76. The fourth-order valence-electron chi connectivity index (χ4n) is 6.10. The van der Waals surface area contributed by atoms with E-state index in [0.29, 0.717) is 0 Å². The second-order valence-electron chi connectivity index (χ2n) is 9.82. The molecule has 1 aromatic heterocycles. The van der Waals surface area contributed by atoms with Gasteiger partial charge in [0.2, 0.25) is 0 Å². The van der Waals surface area contributed by atoms with Crippen LogP contribution >= 0.6 is 0 Å². The number of para-hydroxylation sites is 1. The number of hydrogen-bond acceptors (Lipinski definition) is 0. The van der Waals surface area contributed by atoms with Gasteiger partial charge in [-0.1, -0.05) is 111 Å². The third-order valence-corrected chi connectivity index (χ3v) is 7.54. The van der Waals surface area contributed by atoms with Crippen LogP contribution < -0.4 is 0 Å². The maximum absolute atomic E-state index is 2.47. The Bertz CT molecular complexity index is 1700. The third-order valence-electron chi connectivity index (χ3n) is 7.54.